The number of alkyl carbamates (subject to hydrolysis) is 1. The molecule has 1 saturated heterocycles. The number of hydrogen-bond donors (Lipinski definition) is 2. The summed E-state index contributed by atoms with van der Waals surface area (Å²) in [5, 5.41) is 14.1. The van der Waals surface area contributed by atoms with Crippen LogP contribution in [0.25, 0.3) is 0 Å². The van der Waals surface area contributed by atoms with Crippen LogP contribution in [-0.4, -0.2) is 73.3 Å². The van der Waals surface area contributed by atoms with E-state index in [2.05, 4.69) is 51.1 Å². The van der Waals surface area contributed by atoms with Gasteiger partial charge in [-0.2, -0.15) is 0 Å². The molecule has 0 spiro atoms. The molecule has 1 aliphatic rings. The second-order valence-corrected chi connectivity index (χ2v) is 21.5. The zero-order chi connectivity index (χ0) is 41.1. The highest BCUT2D eigenvalue weighted by Gasteiger charge is 2.46. The number of aliphatic hydroxyl groups excluding tert-OH is 1. The summed E-state index contributed by atoms with van der Waals surface area (Å²) in [7, 11) is -2.26. The topological polar surface area (TPSA) is 136 Å². The van der Waals surface area contributed by atoms with Gasteiger partial charge in [0.1, 0.15) is 19.3 Å². The molecular formula is C44H69N3O8Si. The number of rotatable bonds is 20. The van der Waals surface area contributed by atoms with Crippen molar-refractivity contribution in [3.63, 3.8) is 0 Å². The minimum Gasteiger partial charge on any atom is -0.462 e. The van der Waals surface area contributed by atoms with E-state index >= 15 is 0 Å². The summed E-state index contributed by atoms with van der Waals surface area (Å²) in [5.74, 6) is -0.822. The number of esters is 1. The second-order valence-electron chi connectivity index (χ2n) is 16.7. The van der Waals surface area contributed by atoms with Crippen molar-refractivity contribution in [3.05, 3.63) is 71.8 Å². The molecule has 0 aliphatic carbocycles. The lowest BCUT2D eigenvalue weighted by Gasteiger charge is -2.42. The Morgan fingerprint density at radius 2 is 1.46 bits per heavy atom. The number of hydrogen-bond acceptors (Lipinski definition) is 8. The highest BCUT2D eigenvalue weighted by Crippen LogP contribution is 2.39. The van der Waals surface area contributed by atoms with Gasteiger partial charge in [0.05, 0.1) is 6.10 Å². The van der Waals surface area contributed by atoms with Gasteiger partial charge >= 0.3 is 18.2 Å². The Morgan fingerprint density at radius 1 is 0.893 bits per heavy atom. The van der Waals surface area contributed by atoms with E-state index in [1.807, 2.05) is 72.5 Å². The minimum absolute atomic E-state index is 0.00854. The highest BCUT2D eigenvalue weighted by atomic mass is 28.4. The normalized spacial score (nSPS) is 17.9. The van der Waals surface area contributed by atoms with Crippen molar-refractivity contribution in [1.29, 1.82) is 0 Å². The average molecular weight is 796 g/mol. The van der Waals surface area contributed by atoms with E-state index in [1.165, 1.54) is 32.6 Å². The molecule has 2 aromatic carbocycles. The van der Waals surface area contributed by atoms with E-state index in [-0.39, 0.29) is 48.8 Å². The van der Waals surface area contributed by atoms with Crippen LogP contribution in [0.4, 0.5) is 9.59 Å². The number of likely N-dealkylation sites (tertiary alicyclic amines) is 1. The van der Waals surface area contributed by atoms with Crippen LogP contribution in [-0.2, 0) is 36.6 Å². The molecule has 3 rings (SSSR count). The lowest BCUT2D eigenvalue weighted by atomic mass is 9.93. The first-order valence-electron chi connectivity index (χ1n) is 20.7. The van der Waals surface area contributed by atoms with Crippen molar-refractivity contribution in [2.24, 2.45) is 10.9 Å². The van der Waals surface area contributed by atoms with Crippen LogP contribution in [0.3, 0.4) is 0 Å². The number of nitrogens with zero attached hydrogens (tertiary/aromatic N) is 2. The lowest BCUT2D eigenvalue weighted by Crippen LogP contribution is -2.55. The smallest absolute Gasteiger partial charge is 0.437 e. The molecule has 1 aliphatic heterocycles. The molecule has 11 nitrogen and oxygen atoms in total. The Balaban J connectivity index is 1.99. The van der Waals surface area contributed by atoms with Crippen LogP contribution in [0, 0.1) is 5.92 Å². The fraction of sp³-hybridized carbons (Fsp3) is 0.636. The molecule has 0 saturated carbocycles. The van der Waals surface area contributed by atoms with Gasteiger partial charge in [-0.05, 0) is 61.9 Å². The molecule has 12 heteroatoms. The summed E-state index contributed by atoms with van der Waals surface area (Å²) >= 11 is 0. The minimum atomic E-state index is -2.26. The molecule has 2 amide bonds. The Morgan fingerprint density at radius 3 is 2.04 bits per heavy atom. The van der Waals surface area contributed by atoms with Gasteiger partial charge < -0.3 is 28.6 Å². The lowest BCUT2D eigenvalue weighted by molar-refractivity contribution is -0.149. The largest absolute Gasteiger partial charge is 0.462 e. The molecule has 0 unspecified atom stereocenters. The molecular weight excluding hydrogens is 727 g/mol. The third-order valence-electron chi connectivity index (χ3n) is 11.2. The van der Waals surface area contributed by atoms with Crippen molar-refractivity contribution in [1.82, 2.24) is 10.2 Å². The van der Waals surface area contributed by atoms with E-state index in [0.717, 1.165) is 30.4 Å². The standard InChI is InChI=1S/C44H69N3O8Si/c1-9-10-11-12-13-14-21-26-38(49)29-37-27-28-40(39(33(2)55-34(3)48)32-54-56(7,8)44(4,5)6)47(37)41(45-42(50)52-30-35-22-17-15-18-23-35)46-43(51)53-31-36-24-19-16-20-25-36/h15-20,22-25,33,37-40,49H,9-14,21,26-32H2,1-8H3,(H,45,46,50,51)/t33-,37-,38-,39-,40-/m0/s1. The van der Waals surface area contributed by atoms with Crippen LogP contribution in [0.5, 0.6) is 0 Å². The van der Waals surface area contributed by atoms with Gasteiger partial charge in [0.2, 0.25) is 5.96 Å². The van der Waals surface area contributed by atoms with E-state index in [0.29, 0.717) is 25.7 Å². The Bertz CT molecular complexity index is 1500. The van der Waals surface area contributed by atoms with Crippen LogP contribution < -0.4 is 5.32 Å². The summed E-state index contributed by atoms with van der Waals surface area (Å²) in [6.07, 6.45) is 7.42. The summed E-state index contributed by atoms with van der Waals surface area (Å²) < 4.78 is 23.8. The first-order chi connectivity index (χ1) is 26.6. The van der Waals surface area contributed by atoms with Gasteiger partial charge in [-0.3, -0.25) is 10.1 Å². The Kier molecular flexibility index (Phi) is 19.6. The molecule has 0 bridgehead atoms. The van der Waals surface area contributed by atoms with Crippen LogP contribution >= 0.6 is 0 Å². The van der Waals surface area contributed by atoms with Crippen molar-refractivity contribution < 1.29 is 38.1 Å². The van der Waals surface area contributed by atoms with Crippen molar-refractivity contribution in [2.45, 2.75) is 168 Å². The number of amides is 2. The number of aliphatic hydroxyl groups is 1. The van der Waals surface area contributed by atoms with E-state index < -0.39 is 38.7 Å². The molecule has 0 radical (unpaired) electrons. The number of nitrogens with one attached hydrogen (secondary N) is 1. The average Bonchev–Trinajstić information content (AvgIpc) is 3.55. The van der Waals surface area contributed by atoms with E-state index in [4.69, 9.17) is 18.6 Å². The van der Waals surface area contributed by atoms with E-state index in [9.17, 15) is 19.5 Å². The summed E-state index contributed by atoms with van der Waals surface area (Å²) in [6.45, 7) is 16.6. The van der Waals surface area contributed by atoms with Crippen LogP contribution in [0.15, 0.2) is 65.7 Å². The van der Waals surface area contributed by atoms with Crippen molar-refractivity contribution in [3.8, 4) is 0 Å². The summed E-state index contributed by atoms with van der Waals surface area (Å²) in [5.41, 5.74) is 1.59. The number of ether oxygens (including phenoxy) is 3. The van der Waals surface area contributed by atoms with Crippen molar-refractivity contribution in [2.75, 3.05) is 6.61 Å². The van der Waals surface area contributed by atoms with Gasteiger partial charge in [0, 0.05) is 31.5 Å². The maximum Gasteiger partial charge on any atom is 0.437 e. The predicted octanol–water partition coefficient (Wildman–Crippen LogP) is 9.92. The number of aliphatic imine (C=N–C) groups is 1. The second kappa shape index (κ2) is 23.5. The number of carbonyl (C=O) groups is 3. The molecule has 5 atom stereocenters. The number of benzene rings is 2. The quantitative estimate of drug-likeness (QED) is 0.0335. The van der Waals surface area contributed by atoms with Gasteiger partial charge in [-0.15, -0.1) is 4.99 Å². The maximum absolute atomic E-state index is 13.5. The van der Waals surface area contributed by atoms with E-state index in [1.54, 1.807) is 0 Å². The first-order valence-corrected chi connectivity index (χ1v) is 23.6. The molecule has 2 aromatic rings. The summed E-state index contributed by atoms with van der Waals surface area (Å²) in [4.78, 5) is 45.7. The molecule has 2 N–H and O–H groups in total. The molecule has 1 heterocycles. The molecule has 0 aromatic heterocycles. The third kappa shape index (κ3) is 16.0. The molecule has 1 fully saturated rings. The first kappa shape index (κ1) is 46.6. The van der Waals surface area contributed by atoms with Crippen LogP contribution in [0.1, 0.15) is 123 Å². The Labute approximate surface area is 337 Å². The summed E-state index contributed by atoms with van der Waals surface area (Å²) in [6, 6.07) is 17.9. The molecule has 56 heavy (non-hydrogen) atoms. The maximum atomic E-state index is 13.5. The van der Waals surface area contributed by atoms with Crippen LogP contribution in [0.2, 0.25) is 18.1 Å². The predicted molar refractivity (Wildman–Crippen MR) is 224 cm³/mol. The third-order valence-corrected chi connectivity index (χ3v) is 15.7. The SMILES string of the molecule is CCCCCCCCC[C@H](O)C[C@@H]1CC[C@@H]([C@@H](CO[Si](C)(C)C(C)(C)C)[C@H](C)OC(C)=O)N1/C(=N\C(=O)OCc1ccccc1)NC(=O)OCc1ccccc1. The molecule has 312 valence electrons. The number of guanidine groups is 1. The van der Waals surface area contributed by atoms with Gasteiger partial charge in [0.25, 0.3) is 0 Å². The zero-order valence-corrected chi connectivity index (χ0v) is 36.3. The van der Waals surface area contributed by atoms with Gasteiger partial charge in [-0.25, -0.2) is 9.59 Å². The number of carbonyl (C=O) groups excluding carboxylic acids is 3. The fourth-order valence-electron chi connectivity index (χ4n) is 6.93. The van der Waals surface area contributed by atoms with Gasteiger partial charge in [-0.1, -0.05) is 133 Å². The van der Waals surface area contributed by atoms with Crippen molar-refractivity contribution >= 4 is 32.4 Å². The zero-order valence-electron chi connectivity index (χ0n) is 35.3. The fourth-order valence-corrected chi connectivity index (χ4v) is 7.97. The monoisotopic (exact) mass is 795 g/mol. The van der Waals surface area contributed by atoms with Gasteiger partial charge in [0.15, 0.2) is 8.32 Å². The Hall–Kier alpha value is -3.74. The number of unbranched alkanes of at least 4 members (excludes halogenated alkanes) is 6. The highest BCUT2D eigenvalue weighted by molar-refractivity contribution is 6.74.